The summed E-state index contributed by atoms with van der Waals surface area (Å²) in [6.07, 6.45) is 2.94. The summed E-state index contributed by atoms with van der Waals surface area (Å²) in [5.41, 5.74) is -0.614. The lowest BCUT2D eigenvalue weighted by Gasteiger charge is -2.31. The number of hydrogen-bond acceptors (Lipinski definition) is 3. The Balaban J connectivity index is 2.42. The molecule has 24 heavy (non-hydrogen) atoms. The molecular weight excluding hydrogens is 484 g/mol. The number of hydrogen-bond donors (Lipinski definition) is 1. The van der Waals surface area contributed by atoms with Gasteiger partial charge in [0.2, 0.25) is 0 Å². The Morgan fingerprint density at radius 3 is 2.58 bits per heavy atom. The zero-order valence-corrected chi connectivity index (χ0v) is 17.6. The fourth-order valence-electron chi connectivity index (χ4n) is 2.39. The van der Waals surface area contributed by atoms with Crippen LogP contribution in [0.1, 0.15) is 19.4 Å². The van der Waals surface area contributed by atoms with Gasteiger partial charge in [0, 0.05) is 14.0 Å². The molecular formula is C16H15Br2ClO4S. The van der Waals surface area contributed by atoms with Gasteiger partial charge in [-0.1, -0.05) is 46.6 Å². The Hall–Kier alpha value is -0.630. The summed E-state index contributed by atoms with van der Waals surface area (Å²) in [7, 11) is -3.67. The van der Waals surface area contributed by atoms with E-state index in [-0.39, 0.29) is 15.1 Å². The van der Waals surface area contributed by atoms with Crippen molar-refractivity contribution in [1.82, 2.24) is 0 Å². The number of aliphatic carboxylic acids is 1. The van der Waals surface area contributed by atoms with Gasteiger partial charge in [0.25, 0.3) is 0 Å². The van der Waals surface area contributed by atoms with Crippen LogP contribution in [0.25, 0.3) is 0 Å². The summed E-state index contributed by atoms with van der Waals surface area (Å²) in [6.45, 7) is 3.25. The maximum atomic E-state index is 12.8. The zero-order valence-electron chi connectivity index (χ0n) is 12.9. The van der Waals surface area contributed by atoms with Crippen LogP contribution in [-0.2, 0) is 20.4 Å². The molecule has 0 saturated heterocycles. The highest BCUT2D eigenvalue weighted by Crippen LogP contribution is 2.42. The summed E-state index contributed by atoms with van der Waals surface area (Å²) < 4.78 is 26.5. The van der Waals surface area contributed by atoms with Crippen molar-refractivity contribution in [3.8, 4) is 0 Å². The topological polar surface area (TPSA) is 71.4 Å². The number of benzene rings is 1. The van der Waals surface area contributed by atoms with Crippen LogP contribution in [0.5, 0.6) is 0 Å². The maximum Gasteiger partial charge on any atom is 0.313 e. The van der Waals surface area contributed by atoms with Gasteiger partial charge >= 0.3 is 5.97 Å². The highest BCUT2D eigenvalue weighted by molar-refractivity contribution is 9.12. The van der Waals surface area contributed by atoms with Gasteiger partial charge in [0.1, 0.15) is 0 Å². The molecule has 0 heterocycles. The molecule has 0 aliphatic heterocycles. The normalized spacial score (nSPS) is 24.3. The number of rotatable bonds is 4. The van der Waals surface area contributed by atoms with Crippen molar-refractivity contribution in [2.45, 2.75) is 19.6 Å². The van der Waals surface area contributed by atoms with E-state index in [1.807, 2.05) is 0 Å². The van der Waals surface area contributed by atoms with E-state index in [4.69, 9.17) is 11.6 Å². The molecule has 0 fully saturated rings. The third-order valence-electron chi connectivity index (χ3n) is 4.16. The smallest absolute Gasteiger partial charge is 0.313 e. The number of allylic oxidation sites excluding steroid dienone is 2. The fourth-order valence-corrected chi connectivity index (χ4v) is 6.08. The average Bonchev–Trinajstić information content (AvgIpc) is 2.46. The van der Waals surface area contributed by atoms with Gasteiger partial charge in [-0.2, -0.15) is 0 Å². The predicted octanol–water partition coefficient (Wildman–Crippen LogP) is 4.92. The maximum absolute atomic E-state index is 12.8. The lowest BCUT2D eigenvalue weighted by Crippen LogP contribution is -2.34. The molecule has 0 spiro atoms. The van der Waals surface area contributed by atoms with Crippen molar-refractivity contribution >= 4 is 59.3 Å². The molecule has 4 nitrogen and oxygen atoms in total. The molecule has 0 radical (unpaired) electrons. The van der Waals surface area contributed by atoms with E-state index in [0.717, 1.165) is 0 Å². The van der Waals surface area contributed by atoms with Crippen LogP contribution in [0.15, 0.2) is 44.2 Å². The van der Waals surface area contributed by atoms with Crippen LogP contribution < -0.4 is 0 Å². The molecule has 0 saturated carbocycles. The van der Waals surface area contributed by atoms with Crippen molar-refractivity contribution in [2.75, 3.05) is 0 Å². The van der Waals surface area contributed by atoms with Gasteiger partial charge in [0.05, 0.1) is 16.1 Å². The van der Waals surface area contributed by atoms with Crippen molar-refractivity contribution < 1.29 is 18.3 Å². The molecule has 1 aliphatic rings. The second-order valence-electron chi connectivity index (χ2n) is 5.89. The van der Waals surface area contributed by atoms with E-state index in [9.17, 15) is 18.3 Å². The summed E-state index contributed by atoms with van der Waals surface area (Å²) in [4.78, 5) is 11.6. The first kappa shape index (κ1) is 19.7. The van der Waals surface area contributed by atoms with Crippen molar-refractivity contribution in [2.24, 2.45) is 11.3 Å². The predicted molar refractivity (Wildman–Crippen MR) is 102 cm³/mol. The van der Waals surface area contributed by atoms with E-state index >= 15 is 0 Å². The monoisotopic (exact) mass is 496 g/mol. The molecule has 2 rings (SSSR count). The van der Waals surface area contributed by atoms with Crippen LogP contribution in [0.2, 0.25) is 5.02 Å². The number of sulfone groups is 1. The summed E-state index contributed by atoms with van der Waals surface area (Å²) in [5.74, 6) is -1.71. The van der Waals surface area contributed by atoms with Crippen LogP contribution in [0.3, 0.4) is 0 Å². The van der Waals surface area contributed by atoms with Gasteiger partial charge in [-0.15, -0.1) is 0 Å². The Morgan fingerprint density at radius 2 is 2.00 bits per heavy atom. The Kier molecular flexibility index (Phi) is 5.69. The number of halogens is 3. The third kappa shape index (κ3) is 3.79. The second kappa shape index (κ2) is 6.94. The van der Waals surface area contributed by atoms with E-state index in [0.29, 0.717) is 15.1 Å². The summed E-state index contributed by atoms with van der Waals surface area (Å²) in [6, 6.07) is 4.95. The molecule has 0 amide bonds. The van der Waals surface area contributed by atoms with Gasteiger partial charge < -0.3 is 5.11 Å². The molecule has 1 aliphatic carbocycles. The summed E-state index contributed by atoms with van der Waals surface area (Å²) in [5, 5.41) is 9.86. The molecule has 2 unspecified atom stereocenters. The SMILES string of the molecule is CC1C=C(S(=O)(=O)Cc2cc(Cl)ccc2Br)C(Br)=CC1(C)C(=O)O. The molecule has 0 aromatic heterocycles. The highest BCUT2D eigenvalue weighted by atomic mass is 79.9. The molecule has 1 N–H and O–H groups in total. The van der Waals surface area contributed by atoms with Crippen molar-refractivity contribution in [3.05, 3.63) is 54.8 Å². The molecule has 8 heteroatoms. The standard InChI is InChI=1S/C16H15Br2ClO4S/c1-9-5-14(13(18)7-16(9,2)15(20)21)24(22,23)8-10-6-11(19)3-4-12(10)17/h3-7,9H,8H2,1-2H3,(H,20,21). The summed E-state index contributed by atoms with van der Waals surface area (Å²) >= 11 is 12.5. The minimum Gasteiger partial charge on any atom is -0.481 e. The fraction of sp³-hybridized carbons (Fsp3) is 0.312. The van der Waals surface area contributed by atoms with Gasteiger partial charge in [-0.25, -0.2) is 8.42 Å². The second-order valence-corrected chi connectivity index (χ2v) is 10.00. The van der Waals surface area contributed by atoms with Crippen LogP contribution in [-0.4, -0.2) is 19.5 Å². The zero-order chi connectivity index (χ0) is 18.3. The van der Waals surface area contributed by atoms with Gasteiger partial charge in [-0.3, -0.25) is 4.79 Å². The molecule has 0 bridgehead atoms. The van der Waals surface area contributed by atoms with Crippen LogP contribution in [0, 0.1) is 11.3 Å². The van der Waals surface area contributed by atoms with Crippen molar-refractivity contribution in [1.29, 1.82) is 0 Å². The van der Waals surface area contributed by atoms with Gasteiger partial charge in [0.15, 0.2) is 9.84 Å². The molecule has 130 valence electrons. The Labute approximate surface area is 162 Å². The largest absolute Gasteiger partial charge is 0.481 e. The lowest BCUT2D eigenvalue weighted by atomic mass is 9.75. The van der Waals surface area contributed by atoms with Crippen molar-refractivity contribution in [3.63, 3.8) is 0 Å². The van der Waals surface area contributed by atoms with Crippen LogP contribution >= 0.6 is 43.5 Å². The van der Waals surface area contributed by atoms with E-state index in [1.54, 1.807) is 32.0 Å². The average molecular weight is 499 g/mol. The number of carbonyl (C=O) groups is 1. The number of carboxylic acids is 1. The minimum absolute atomic E-state index is 0.0978. The minimum atomic E-state index is -3.67. The number of carboxylic acid groups (broad SMARTS) is 1. The van der Waals surface area contributed by atoms with E-state index in [2.05, 4.69) is 31.9 Å². The van der Waals surface area contributed by atoms with Crippen LogP contribution in [0.4, 0.5) is 0 Å². The highest BCUT2D eigenvalue weighted by Gasteiger charge is 2.41. The first-order chi connectivity index (χ1) is 11.0. The van der Waals surface area contributed by atoms with Gasteiger partial charge in [-0.05, 0) is 52.5 Å². The third-order valence-corrected chi connectivity index (χ3v) is 7.80. The molecule has 1 aromatic carbocycles. The Morgan fingerprint density at radius 1 is 1.38 bits per heavy atom. The first-order valence-corrected chi connectivity index (χ1v) is 10.6. The first-order valence-electron chi connectivity index (χ1n) is 6.98. The Bertz CT molecular complexity index is 861. The molecule has 1 aromatic rings. The lowest BCUT2D eigenvalue weighted by molar-refractivity contribution is -0.146. The van der Waals surface area contributed by atoms with E-state index in [1.165, 1.54) is 12.2 Å². The van der Waals surface area contributed by atoms with E-state index < -0.39 is 27.1 Å². The quantitative estimate of drug-likeness (QED) is 0.640. The molecule has 2 atom stereocenters.